The van der Waals surface area contributed by atoms with Crippen molar-refractivity contribution in [3.8, 4) is 0 Å². The van der Waals surface area contributed by atoms with Gasteiger partial charge >= 0.3 is 0 Å². The van der Waals surface area contributed by atoms with Crippen molar-refractivity contribution in [2.24, 2.45) is 0 Å². The molecule has 4 heteroatoms. The summed E-state index contributed by atoms with van der Waals surface area (Å²) in [6.45, 7) is 3.54. The number of hydrogen-bond acceptors (Lipinski definition) is 1. The third-order valence-electron chi connectivity index (χ3n) is 1.68. The molecule has 0 aliphatic carbocycles. The fraction of sp³-hybridized carbons (Fsp3) is 0.182. The number of rotatable bonds is 2. The number of halogens is 3. The monoisotopic (exact) mass is 246 g/mol. The lowest BCUT2D eigenvalue weighted by Crippen LogP contribution is -1.98. The number of carbonyl (C=O) groups is 1. The lowest BCUT2D eigenvalue weighted by Gasteiger charge is -2.02. The average molecular weight is 247 g/mol. The van der Waals surface area contributed by atoms with E-state index in [0.717, 1.165) is 11.6 Å². The van der Waals surface area contributed by atoms with Crippen LogP contribution in [0.4, 0.5) is 4.39 Å². The van der Waals surface area contributed by atoms with E-state index in [1.54, 1.807) is 13.8 Å². The predicted molar refractivity (Wildman–Crippen MR) is 60.2 cm³/mol. The van der Waals surface area contributed by atoms with E-state index in [9.17, 15) is 9.18 Å². The largest absolute Gasteiger partial charge is 0.289 e. The second kappa shape index (κ2) is 4.77. The maximum atomic E-state index is 13.1. The molecule has 0 N–H and O–H groups in total. The topological polar surface area (TPSA) is 17.1 Å². The first-order valence-corrected chi connectivity index (χ1v) is 5.01. The molecule has 1 aromatic carbocycles. The summed E-state index contributed by atoms with van der Waals surface area (Å²) < 4.78 is 13.1. The van der Waals surface area contributed by atoms with Crippen molar-refractivity contribution in [1.29, 1.82) is 0 Å². The summed E-state index contributed by atoms with van der Waals surface area (Å²) in [4.78, 5) is 11.6. The van der Waals surface area contributed by atoms with Gasteiger partial charge in [-0.2, -0.15) is 0 Å². The van der Waals surface area contributed by atoms with Crippen LogP contribution in [0.1, 0.15) is 24.2 Å². The normalized spacial score (nSPS) is 9.93. The van der Waals surface area contributed by atoms with Crippen LogP contribution in [0.5, 0.6) is 0 Å². The van der Waals surface area contributed by atoms with Crippen LogP contribution in [0.3, 0.4) is 0 Å². The van der Waals surface area contributed by atoms with Crippen molar-refractivity contribution >= 4 is 29.0 Å². The Morgan fingerprint density at radius 2 is 1.93 bits per heavy atom. The van der Waals surface area contributed by atoms with Crippen LogP contribution in [-0.4, -0.2) is 5.78 Å². The summed E-state index contributed by atoms with van der Waals surface area (Å²) in [7, 11) is 0. The Labute approximate surface area is 97.5 Å². The number of ketones is 1. The van der Waals surface area contributed by atoms with Crippen LogP contribution in [0, 0.1) is 5.82 Å². The summed E-state index contributed by atoms with van der Waals surface area (Å²) in [5.74, 6) is -1.03. The highest BCUT2D eigenvalue weighted by molar-refractivity contribution is 6.36. The maximum Gasteiger partial charge on any atom is 0.187 e. The molecule has 0 atom stereocenters. The Balaban J connectivity index is 3.26. The molecule has 0 radical (unpaired) electrons. The Morgan fingerprint density at radius 3 is 2.47 bits per heavy atom. The van der Waals surface area contributed by atoms with E-state index in [1.165, 1.54) is 12.1 Å². The van der Waals surface area contributed by atoms with Crippen molar-refractivity contribution in [2.75, 3.05) is 0 Å². The van der Waals surface area contributed by atoms with Gasteiger partial charge in [-0.25, -0.2) is 4.39 Å². The molecule has 0 spiro atoms. The second-order valence-electron chi connectivity index (χ2n) is 3.34. The minimum absolute atomic E-state index is 0.0860. The molecule has 0 aliphatic heterocycles. The number of allylic oxidation sites excluding steroid dienone is 2. The molecular weight excluding hydrogens is 238 g/mol. The molecule has 80 valence electrons. The van der Waals surface area contributed by atoms with Crippen molar-refractivity contribution in [3.05, 3.63) is 45.2 Å². The summed E-state index contributed by atoms with van der Waals surface area (Å²) >= 11 is 11.3. The van der Waals surface area contributed by atoms with Crippen molar-refractivity contribution in [1.82, 2.24) is 0 Å². The highest BCUT2D eigenvalue weighted by Crippen LogP contribution is 2.25. The third-order valence-corrected chi connectivity index (χ3v) is 2.28. The van der Waals surface area contributed by atoms with Crippen LogP contribution in [0.2, 0.25) is 10.0 Å². The van der Waals surface area contributed by atoms with Crippen LogP contribution >= 0.6 is 23.2 Å². The van der Waals surface area contributed by atoms with Crippen molar-refractivity contribution in [2.45, 2.75) is 13.8 Å². The second-order valence-corrected chi connectivity index (χ2v) is 4.15. The molecule has 0 saturated heterocycles. The summed E-state index contributed by atoms with van der Waals surface area (Å²) in [6.07, 6.45) is 1.39. The molecule has 0 saturated carbocycles. The summed E-state index contributed by atoms with van der Waals surface area (Å²) in [6, 6.07) is 2.43. The molecule has 1 aromatic rings. The molecule has 0 amide bonds. The molecule has 0 fully saturated rings. The number of hydrogen-bond donors (Lipinski definition) is 0. The summed E-state index contributed by atoms with van der Waals surface area (Å²) in [5.41, 5.74) is 0.902. The van der Waals surface area contributed by atoms with Gasteiger partial charge in [0.15, 0.2) is 5.78 Å². The van der Waals surface area contributed by atoms with Crippen LogP contribution < -0.4 is 0 Å². The Morgan fingerprint density at radius 1 is 1.33 bits per heavy atom. The molecule has 0 bridgehead atoms. The van der Waals surface area contributed by atoms with E-state index in [0.29, 0.717) is 0 Å². The van der Waals surface area contributed by atoms with Crippen molar-refractivity contribution < 1.29 is 9.18 Å². The van der Waals surface area contributed by atoms with Gasteiger partial charge in [0.05, 0.1) is 5.02 Å². The minimum Gasteiger partial charge on any atom is -0.289 e. The lowest BCUT2D eigenvalue weighted by atomic mass is 10.1. The highest BCUT2D eigenvalue weighted by atomic mass is 35.5. The van der Waals surface area contributed by atoms with E-state index in [4.69, 9.17) is 23.2 Å². The van der Waals surface area contributed by atoms with Gasteiger partial charge in [0, 0.05) is 10.6 Å². The first-order valence-electron chi connectivity index (χ1n) is 4.25. The van der Waals surface area contributed by atoms with E-state index in [1.807, 2.05) is 0 Å². The standard InChI is InChI=1S/C11H9Cl2FO/c1-6(2)3-10(15)8-4-7(12)5-9(14)11(8)13/h3-5H,1-2H3. The van der Waals surface area contributed by atoms with E-state index in [2.05, 4.69) is 0 Å². The van der Waals surface area contributed by atoms with Gasteiger partial charge in [0.25, 0.3) is 0 Å². The van der Waals surface area contributed by atoms with Gasteiger partial charge in [-0.05, 0) is 32.1 Å². The van der Waals surface area contributed by atoms with Crippen LogP contribution in [0.25, 0.3) is 0 Å². The number of benzene rings is 1. The molecule has 0 aromatic heterocycles. The molecule has 1 nitrogen and oxygen atoms in total. The zero-order valence-electron chi connectivity index (χ0n) is 8.27. The lowest BCUT2D eigenvalue weighted by molar-refractivity contribution is 0.104. The highest BCUT2D eigenvalue weighted by Gasteiger charge is 2.13. The number of carbonyl (C=O) groups excluding carboxylic acids is 1. The molecule has 0 aliphatic rings. The molecule has 0 heterocycles. The van der Waals surface area contributed by atoms with Gasteiger partial charge < -0.3 is 0 Å². The fourth-order valence-electron chi connectivity index (χ4n) is 1.08. The van der Waals surface area contributed by atoms with E-state index in [-0.39, 0.29) is 21.4 Å². The van der Waals surface area contributed by atoms with E-state index < -0.39 is 5.82 Å². The van der Waals surface area contributed by atoms with Gasteiger partial charge in [0.2, 0.25) is 0 Å². The average Bonchev–Trinajstić information content (AvgIpc) is 2.09. The first kappa shape index (κ1) is 12.2. The van der Waals surface area contributed by atoms with Crippen LogP contribution in [-0.2, 0) is 0 Å². The quantitative estimate of drug-likeness (QED) is 0.433. The van der Waals surface area contributed by atoms with Crippen molar-refractivity contribution in [3.63, 3.8) is 0 Å². The Bertz CT molecular complexity index is 434. The van der Waals surface area contributed by atoms with Gasteiger partial charge in [-0.1, -0.05) is 28.8 Å². The smallest absolute Gasteiger partial charge is 0.187 e. The van der Waals surface area contributed by atoms with Gasteiger partial charge in [-0.15, -0.1) is 0 Å². The first-order chi connectivity index (χ1) is 6.91. The van der Waals surface area contributed by atoms with Gasteiger partial charge in [0.1, 0.15) is 5.82 Å². The molecule has 0 unspecified atom stereocenters. The third kappa shape index (κ3) is 3.05. The van der Waals surface area contributed by atoms with E-state index >= 15 is 0 Å². The molecule has 15 heavy (non-hydrogen) atoms. The van der Waals surface area contributed by atoms with Gasteiger partial charge in [-0.3, -0.25) is 4.79 Å². The fourth-order valence-corrected chi connectivity index (χ4v) is 1.48. The SMILES string of the molecule is CC(C)=CC(=O)c1cc(Cl)cc(F)c1Cl. The predicted octanol–water partition coefficient (Wildman–Crippen LogP) is 4.28. The zero-order valence-corrected chi connectivity index (χ0v) is 9.79. The maximum absolute atomic E-state index is 13.1. The molecule has 1 rings (SSSR count). The zero-order chi connectivity index (χ0) is 11.6. The Kier molecular flexibility index (Phi) is 3.89. The Hall–Kier alpha value is -0.860. The molecular formula is C11H9Cl2FO. The van der Waals surface area contributed by atoms with Crippen LogP contribution in [0.15, 0.2) is 23.8 Å². The summed E-state index contributed by atoms with van der Waals surface area (Å²) in [5, 5.41) is -0.0377. The minimum atomic E-state index is -0.685.